The van der Waals surface area contributed by atoms with Crippen molar-refractivity contribution in [3.8, 4) is 6.07 Å². The highest BCUT2D eigenvalue weighted by molar-refractivity contribution is 5.35. The second-order valence-corrected chi connectivity index (χ2v) is 3.47. The molecule has 0 bridgehead atoms. The molecule has 0 spiro atoms. The van der Waals surface area contributed by atoms with E-state index < -0.39 is 0 Å². The second kappa shape index (κ2) is 4.24. The van der Waals surface area contributed by atoms with Crippen LogP contribution in [0.2, 0.25) is 0 Å². The third kappa shape index (κ3) is 2.05. The van der Waals surface area contributed by atoms with Crippen LogP contribution in [0.15, 0.2) is 12.3 Å². The molecule has 15 heavy (non-hydrogen) atoms. The molecule has 1 saturated heterocycles. The number of nitrogens with zero attached hydrogens (tertiary/aromatic N) is 4. The molecule has 1 aliphatic rings. The fraction of sp³-hybridized carbons (Fsp3) is 0.500. The number of morpholine rings is 1. The predicted octanol–water partition coefficient (Wildman–Crippen LogP) is 0.573. The molecule has 1 aliphatic heterocycles. The minimum absolute atomic E-state index is 0.257. The SMILES string of the molecule is CC1COCCN1c1nccc(C#N)n1. The van der Waals surface area contributed by atoms with Crippen LogP contribution in [0.3, 0.4) is 0 Å². The zero-order valence-corrected chi connectivity index (χ0v) is 8.55. The zero-order valence-electron chi connectivity index (χ0n) is 8.55. The first-order valence-corrected chi connectivity index (χ1v) is 4.89. The third-order valence-corrected chi connectivity index (χ3v) is 2.38. The molecule has 78 valence electrons. The van der Waals surface area contributed by atoms with Gasteiger partial charge in [0.2, 0.25) is 5.95 Å². The van der Waals surface area contributed by atoms with E-state index in [-0.39, 0.29) is 6.04 Å². The highest BCUT2D eigenvalue weighted by Crippen LogP contribution is 2.14. The topological polar surface area (TPSA) is 62.0 Å². The molecular formula is C10H12N4O. The molecular weight excluding hydrogens is 192 g/mol. The molecule has 1 fully saturated rings. The van der Waals surface area contributed by atoms with Crippen LogP contribution >= 0.6 is 0 Å². The van der Waals surface area contributed by atoms with Gasteiger partial charge in [-0.15, -0.1) is 0 Å². The lowest BCUT2D eigenvalue weighted by Crippen LogP contribution is -2.44. The van der Waals surface area contributed by atoms with Gasteiger partial charge in [0.1, 0.15) is 11.8 Å². The summed E-state index contributed by atoms with van der Waals surface area (Å²) in [5, 5.41) is 8.74. The molecule has 5 heteroatoms. The van der Waals surface area contributed by atoms with Crippen molar-refractivity contribution >= 4 is 5.95 Å². The van der Waals surface area contributed by atoms with Gasteiger partial charge in [-0.05, 0) is 13.0 Å². The average Bonchev–Trinajstić information content (AvgIpc) is 2.30. The quantitative estimate of drug-likeness (QED) is 0.669. The second-order valence-electron chi connectivity index (χ2n) is 3.47. The minimum Gasteiger partial charge on any atom is -0.377 e. The summed E-state index contributed by atoms with van der Waals surface area (Å²) in [7, 11) is 0. The maximum atomic E-state index is 8.74. The van der Waals surface area contributed by atoms with Gasteiger partial charge in [0, 0.05) is 12.7 Å². The molecule has 1 aromatic rings. The number of aromatic nitrogens is 2. The van der Waals surface area contributed by atoms with Crippen molar-refractivity contribution in [3.63, 3.8) is 0 Å². The Hall–Kier alpha value is -1.67. The van der Waals surface area contributed by atoms with E-state index in [2.05, 4.69) is 21.8 Å². The lowest BCUT2D eigenvalue weighted by atomic mass is 10.3. The third-order valence-electron chi connectivity index (χ3n) is 2.38. The number of ether oxygens (including phenoxy) is 1. The lowest BCUT2D eigenvalue weighted by Gasteiger charge is -2.33. The van der Waals surface area contributed by atoms with Crippen molar-refractivity contribution < 1.29 is 4.74 Å². The van der Waals surface area contributed by atoms with E-state index in [0.29, 0.717) is 24.9 Å². The van der Waals surface area contributed by atoms with Crippen molar-refractivity contribution in [2.45, 2.75) is 13.0 Å². The van der Waals surface area contributed by atoms with Crippen molar-refractivity contribution in [3.05, 3.63) is 18.0 Å². The van der Waals surface area contributed by atoms with Crippen LogP contribution in [-0.2, 0) is 4.74 Å². The van der Waals surface area contributed by atoms with Crippen molar-refractivity contribution in [2.75, 3.05) is 24.7 Å². The number of anilines is 1. The van der Waals surface area contributed by atoms with Gasteiger partial charge in [-0.25, -0.2) is 9.97 Å². The number of hydrogen-bond donors (Lipinski definition) is 0. The number of rotatable bonds is 1. The van der Waals surface area contributed by atoms with E-state index in [4.69, 9.17) is 10.00 Å². The summed E-state index contributed by atoms with van der Waals surface area (Å²) < 4.78 is 5.33. The van der Waals surface area contributed by atoms with Crippen LogP contribution in [0, 0.1) is 11.3 Å². The zero-order chi connectivity index (χ0) is 10.7. The summed E-state index contributed by atoms with van der Waals surface area (Å²) in [6.07, 6.45) is 1.61. The largest absolute Gasteiger partial charge is 0.377 e. The lowest BCUT2D eigenvalue weighted by molar-refractivity contribution is 0.0981. The van der Waals surface area contributed by atoms with Crippen LogP contribution in [0.1, 0.15) is 12.6 Å². The Morgan fingerprint density at radius 1 is 1.67 bits per heavy atom. The van der Waals surface area contributed by atoms with Crippen LogP contribution in [0.4, 0.5) is 5.95 Å². The van der Waals surface area contributed by atoms with E-state index in [0.717, 1.165) is 6.54 Å². The van der Waals surface area contributed by atoms with Gasteiger partial charge in [0.25, 0.3) is 0 Å². The molecule has 5 nitrogen and oxygen atoms in total. The van der Waals surface area contributed by atoms with Crippen molar-refractivity contribution in [1.82, 2.24) is 9.97 Å². The molecule has 0 aliphatic carbocycles. The predicted molar refractivity (Wildman–Crippen MR) is 54.4 cm³/mol. The summed E-state index contributed by atoms with van der Waals surface area (Å²) >= 11 is 0. The molecule has 1 atom stereocenters. The molecule has 2 rings (SSSR count). The summed E-state index contributed by atoms with van der Waals surface area (Å²) in [6.45, 7) is 4.20. The van der Waals surface area contributed by atoms with Gasteiger partial charge in [0.15, 0.2) is 0 Å². The number of nitriles is 1. The highest BCUT2D eigenvalue weighted by atomic mass is 16.5. The molecule has 0 radical (unpaired) electrons. The van der Waals surface area contributed by atoms with Gasteiger partial charge < -0.3 is 9.64 Å². The summed E-state index contributed by atoms with van der Waals surface area (Å²) in [6, 6.07) is 3.88. The Kier molecular flexibility index (Phi) is 2.79. The van der Waals surface area contributed by atoms with Crippen LogP contribution < -0.4 is 4.90 Å². The Labute approximate surface area is 88.3 Å². The molecule has 2 heterocycles. The summed E-state index contributed by atoms with van der Waals surface area (Å²) in [5.74, 6) is 0.616. The van der Waals surface area contributed by atoms with Crippen LogP contribution in [0.5, 0.6) is 0 Å². The monoisotopic (exact) mass is 204 g/mol. The average molecular weight is 204 g/mol. The molecule has 1 aromatic heterocycles. The van der Waals surface area contributed by atoms with Gasteiger partial charge in [0.05, 0.1) is 19.3 Å². The van der Waals surface area contributed by atoms with E-state index in [1.54, 1.807) is 12.3 Å². The van der Waals surface area contributed by atoms with E-state index >= 15 is 0 Å². The Bertz CT molecular complexity index is 387. The van der Waals surface area contributed by atoms with E-state index in [1.807, 2.05) is 6.07 Å². The fourth-order valence-corrected chi connectivity index (χ4v) is 1.57. The van der Waals surface area contributed by atoms with Gasteiger partial charge in [-0.2, -0.15) is 5.26 Å². The molecule has 0 aromatic carbocycles. The summed E-state index contributed by atoms with van der Waals surface area (Å²) in [5.41, 5.74) is 0.402. The normalized spacial score (nSPS) is 21.1. The van der Waals surface area contributed by atoms with Crippen molar-refractivity contribution in [1.29, 1.82) is 5.26 Å². The number of hydrogen-bond acceptors (Lipinski definition) is 5. The molecule has 1 unspecified atom stereocenters. The Morgan fingerprint density at radius 2 is 2.53 bits per heavy atom. The van der Waals surface area contributed by atoms with E-state index in [9.17, 15) is 0 Å². The fourth-order valence-electron chi connectivity index (χ4n) is 1.57. The van der Waals surface area contributed by atoms with Gasteiger partial charge in [-0.3, -0.25) is 0 Å². The van der Waals surface area contributed by atoms with Crippen LogP contribution in [0.25, 0.3) is 0 Å². The van der Waals surface area contributed by atoms with Gasteiger partial charge >= 0.3 is 0 Å². The first-order chi connectivity index (χ1) is 7.31. The first kappa shape index (κ1) is 9.87. The molecule has 0 amide bonds. The molecule has 0 saturated carbocycles. The first-order valence-electron chi connectivity index (χ1n) is 4.89. The van der Waals surface area contributed by atoms with Crippen molar-refractivity contribution in [2.24, 2.45) is 0 Å². The minimum atomic E-state index is 0.257. The molecule has 0 N–H and O–H groups in total. The highest BCUT2D eigenvalue weighted by Gasteiger charge is 2.21. The standard InChI is InChI=1S/C10H12N4O/c1-8-7-15-5-4-14(8)10-12-3-2-9(6-11)13-10/h2-3,8H,4-5,7H2,1H3. The smallest absolute Gasteiger partial charge is 0.226 e. The van der Waals surface area contributed by atoms with Crippen LogP contribution in [-0.4, -0.2) is 35.8 Å². The Morgan fingerprint density at radius 3 is 3.27 bits per heavy atom. The summed E-state index contributed by atoms with van der Waals surface area (Å²) in [4.78, 5) is 10.4. The Balaban J connectivity index is 2.24. The van der Waals surface area contributed by atoms with Gasteiger partial charge in [-0.1, -0.05) is 0 Å². The maximum absolute atomic E-state index is 8.74. The van der Waals surface area contributed by atoms with E-state index in [1.165, 1.54) is 0 Å². The maximum Gasteiger partial charge on any atom is 0.226 e.